The van der Waals surface area contributed by atoms with Gasteiger partial charge in [0.15, 0.2) is 0 Å². The van der Waals surface area contributed by atoms with Crippen molar-refractivity contribution in [2.75, 3.05) is 5.32 Å². The van der Waals surface area contributed by atoms with Crippen molar-refractivity contribution in [1.82, 2.24) is 5.48 Å². The van der Waals surface area contributed by atoms with Gasteiger partial charge in [-0.05, 0) is 53.6 Å². The molecule has 5 heteroatoms. The molecule has 0 heterocycles. The summed E-state index contributed by atoms with van der Waals surface area (Å²) in [5.41, 5.74) is 6.96. The van der Waals surface area contributed by atoms with E-state index in [1.165, 1.54) is 12.5 Å². The lowest BCUT2D eigenvalue weighted by Gasteiger charge is -2.23. The Morgan fingerprint density at radius 3 is 2.62 bits per heavy atom. The number of carbonyl (C=O) groups is 2. The molecular formula is C19H20N2O3. The van der Waals surface area contributed by atoms with Crippen LogP contribution in [0.15, 0.2) is 42.5 Å². The minimum Gasteiger partial charge on any atom is -0.326 e. The molecule has 0 saturated heterocycles. The molecule has 2 aromatic rings. The largest absolute Gasteiger partial charge is 0.326 e. The summed E-state index contributed by atoms with van der Waals surface area (Å²) in [6.07, 6.45) is 2.21. The van der Waals surface area contributed by atoms with Gasteiger partial charge in [0, 0.05) is 18.5 Å². The van der Waals surface area contributed by atoms with Crippen molar-refractivity contribution in [1.29, 1.82) is 0 Å². The number of hydrogen-bond acceptors (Lipinski definition) is 3. The molecule has 2 amide bonds. The van der Waals surface area contributed by atoms with Gasteiger partial charge in [-0.25, -0.2) is 5.48 Å². The number of carbonyl (C=O) groups excluding carboxylic acids is 2. The lowest BCUT2D eigenvalue weighted by Crippen LogP contribution is -2.31. The maximum absolute atomic E-state index is 11.7. The number of benzene rings is 2. The van der Waals surface area contributed by atoms with Crippen LogP contribution < -0.4 is 10.8 Å². The topological polar surface area (TPSA) is 78.4 Å². The minimum atomic E-state index is -0.321. The van der Waals surface area contributed by atoms with Gasteiger partial charge in [0.25, 0.3) is 0 Å². The monoisotopic (exact) mass is 324 g/mol. The first-order valence-electron chi connectivity index (χ1n) is 8.00. The first-order chi connectivity index (χ1) is 11.6. The summed E-state index contributed by atoms with van der Waals surface area (Å²) >= 11 is 0. The highest BCUT2D eigenvalue weighted by molar-refractivity contribution is 5.89. The molecule has 3 rings (SSSR count). The van der Waals surface area contributed by atoms with Crippen molar-refractivity contribution in [3.8, 4) is 11.1 Å². The maximum atomic E-state index is 11.7. The third-order valence-electron chi connectivity index (χ3n) is 4.43. The van der Waals surface area contributed by atoms with Crippen LogP contribution in [0.4, 0.5) is 5.69 Å². The number of nitrogens with one attached hydrogen (secondary N) is 2. The van der Waals surface area contributed by atoms with Gasteiger partial charge in [-0.1, -0.05) is 30.3 Å². The van der Waals surface area contributed by atoms with E-state index < -0.39 is 0 Å². The molecule has 0 bridgehead atoms. The Morgan fingerprint density at radius 2 is 1.88 bits per heavy atom. The molecule has 124 valence electrons. The third kappa shape index (κ3) is 3.46. The Morgan fingerprint density at radius 1 is 1.08 bits per heavy atom. The van der Waals surface area contributed by atoms with Crippen molar-refractivity contribution in [3.63, 3.8) is 0 Å². The van der Waals surface area contributed by atoms with Gasteiger partial charge in [0.2, 0.25) is 11.8 Å². The van der Waals surface area contributed by atoms with Gasteiger partial charge in [0.1, 0.15) is 0 Å². The van der Waals surface area contributed by atoms with E-state index in [1.54, 1.807) is 5.48 Å². The molecule has 0 aliphatic heterocycles. The SMILES string of the molecule is CC(=O)Nc1cccc(-c2ccc3c(c2)CC(C(=O)NO)CC3)c1. The van der Waals surface area contributed by atoms with Gasteiger partial charge < -0.3 is 5.32 Å². The second kappa shape index (κ2) is 6.84. The van der Waals surface area contributed by atoms with Crippen molar-refractivity contribution in [2.45, 2.75) is 26.2 Å². The van der Waals surface area contributed by atoms with E-state index >= 15 is 0 Å². The Kier molecular flexibility index (Phi) is 4.62. The molecule has 0 saturated carbocycles. The van der Waals surface area contributed by atoms with E-state index in [9.17, 15) is 9.59 Å². The van der Waals surface area contributed by atoms with Crippen molar-refractivity contribution >= 4 is 17.5 Å². The normalized spacial score (nSPS) is 16.2. The van der Waals surface area contributed by atoms with Gasteiger partial charge in [-0.15, -0.1) is 0 Å². The first kappa shape index (κ1) is 16.2. The summed E-state index contributed by atoms with van der Waals surface area (Å²) in [6.45, 7) is 1.48. The highest BCUT2D eigenvalue weighted by Crippen LogP contribution is 2.31. The quantitative estimate of drug-likeness (QED) is 0.600. The summed E-state index contributed by atoms with van der Waals surface area (Å²) in [7, 11) is 0. The molecule has 1 unspecified atom stereocenters. The zero-order valence-electron chi connectivity index (χ0n) is 13.5. The highest BCUT2D eigenvalue weighted by atomic mass is 16.5. The molecule has 1 aliphatic rings. The number of fused-ring (bicyclic) bond motifs is 1. The number of aryl methyl sites for hydroxylation is 1. The van der Waals surface area contributed by atoms with Gasteiger partial charge in [-0.3, -0.25) is 14.8 Å². The molecule has 2 aromatic carbocycles. The molecule has 0 aromatic heterocycles. The smallest absolute Gasteiger partial charge is 0.246 e. The van der Waals surface area contributed by atoms with Crippen LogP contribution in [0.1, 0.15) is 24.5 Å². The van der Waals surface area contributed by atoms with Crippen LogP contribution in [-0.4, -0.2) is 17.0 Å². The molecule has 0 fully saturated rings. The lowest BCUT2D eigenvalue weighted by molar-refractivity contribution is -0.133. The number of amides is 2. The fourth-order valence-corrected chi connectivity index (χ4v) is 3.23. The van der Waals surface area contributed by atoms with Crippen molar-refractivity contribution in [2.24, 2.45) is 5.92 Å². The van der Waals surface area contributed by atoms with Crippen LogP contribution >= 0.6 is 0 Å². The Labute approximate surface area is 140 Å². The molecule has 1 aliphatic carbocycles. The van der Waals surface area contributed by atoms with E-state index in [-0.39, 0.29) is 17.7 Å². The van der Waals surface area contributed by atoms with E-state index in [2.05, 4.69) is 23.5 Å². The fraction of sp³-hybridized carbons (Fsp3) is 0.263. The summed E-state index contributed by atoms with van der Waals surface area (Å²) in [5, 5.41) is 11.6. The van der Waals surface area contributed by atoms with Gasteiger partial charge in [-0.2, -0.15) is 0 Å². The molecule has 0 spiro atoms. The maximum Gasteiger partial charge on any atom is 0.246 e. The Bertz CT molecular complexity index is 786. The van der Waals surface area contributed by atoms with Crippen LogP contribution in [0.5, 0.6) is 0 Å². The zero-order chi connectivity index (χ0) is 17.1. The molecule has 0 radical (unpaired) electrons. The van der Waals surface area contributed by atoms with E-state index in [0.29, 0.717) is 6.42 Å². The van der Waals surface area contributed by atoms with Crippen LogP contribution in [0.2, 0.25) is 0 Å². The van der Waals surface area contributed by atoms with Gasteiger partial charge >= 0.3 is 0 Å². The number of hydrogen-bond donors (Lipinski definition) is 3. The predicted molar refractivity (Wildman–Crippen MR) is 91.6 cm³/mol. The molecule has 24 heavy (non-hydrogen) atoms. The summed E-state index contributed by atoms with van der Waals surface area (Å²) < 4.78 is 0. The van der Waals surface area contributed by atoms with Crippen LogP contribution in [-0.2, 0) is 22.4 Å². The van der Waals surface area contributed by atoms with Crippen molar-refractivity contribution in [3.05, 3.63) is 53.6 Å². The summed E-state index contributed by atoms with van der Waals surface area (Å²) in [6, 6.07) is 13.9. The number of anilines is 1. The lowest BCUT2D eigenvalue weighted by atomic mass is 9.82. The standard InChI is InChI=1S/C19H20N2O3/c1-12(22)20-18-4-2-3-14(11-18)15-7-5-13-6-8-16(19(23)21-24)10-17(13)9-15/h2-5,7,9,11,16,24H,6,8,10H2,1H3,(H,20,22)(H,21,23). The molecule has 3 N–H and O–H groups in total. The number of rotatable bonds is 3. The Hall–Kier alpha value is -2.66. The second-order valence-electron chi connectivity index (χ2n) is 6.16. The average molecular weight is 324 g/mol. The van der Waals surface area contributed by atoms with Crippen LogP contribution in [0.3, 0.4) is 0 Å². The summed E-state index contributed by atoms with van der Waals surface area (Å²) in [4.78, 5) is 22.9. The highest BCUT2D eigenvalue weighted by Gasteiger charge is 2.24. The van der Waals surface area contributed by atoms with Crippen LogP contribution in [0.25, 0.3) is 11.1 Å². The number of hydroxylamine groups is 1. The predicted octanol–water partition coefficient (Wildman–Crippen LogP) is 2.92. The van der Waals surface area contributed by atoms with Crippen LogP contribution in [0, 0.1) is 5.92 Å². The average Bonchev–Trinajstić information content (AvgIpc) is 2.59. The third-order valence-corrected chi connectivity index (χ3v) is 4.43. The first-order valence-corrected chi connectivity index (χ1v) is 8.00. The second-order valence-corrected chi connectivity index (χ2v) is 6.16. The zero-order valence-corrected chi connectivity index (χ0v) is 13.5. The molecule has 5 nitrogen and oxygen atoms in total. The van der Waals surface area contributed by atoms with Gasteiger partial charge in [0.05, 0.1) is 0 Å². The van der Waals surface area contributed by atoms with E-state index in [0.717, 1.165) is 35.2 Å². The Balaban J connectivity index is 1.89. The van der Waals surface area contributed by atoms with E-state index in [1.807, 2.05) is 24.3 Å². The molecule has 1 atom stereocenters. The summed E-state index contributed by atoms with van der Waals surface area (Å²) in [5.74, 6) is -0.613. The minimum absolute atomic E-state index is 0.101. The molecular weight excluding hydrogens is 304 g/mol. The van der Waals surface area contributed by atoms with Crippen molar-refractivity contribution < 1.29 is 14.8 Å². The fourth-order valence-electron chi connectivity index (χ4n) is 3.23. The van der Waals surface area contributed by atoms with E-state index in [4.69, 9.17) is 5.21 Å².